The topological polar surface area (TPSA) is 29.1 Å². The van der Waals surface area contributed by atoms with Crippen LogP contribution in [0.4, 0.5) is 5.00 Å². The molecule has 0 saturated heterocycles. The first-order chi connectivity index (χ1) is 6.75. The monoisotopic (exact) mass is 223 g/mol. The second-order valence-electron chi connectivity index (χ2n) is 2.84. The van der Waals surface area contributed by atoms with Crippen molar-refractivity contribution in [3.8, 4) is 0 Å². The van der Waals surface area contributed by atoms with Gasteiger partial charge in [-0.1, -0.05) is 0 Å². The van der Waals surface area contributed by atoms with Gasteiger partial charge in [0.25, 0.3) is 5.91 Å². The van der Waals surface area contributed by atoms with Crippen LogP contribution in [0.15, 0.2) is 29.6 Å². The summed E-state index contributed by atoms with van der Waals surface area (Å²) in [4.78, 5) is 13.5. The van der Waals surface area contributed by atoms with Crippen LogP contribution >= 0.6 is 22.7 Å². The number of aryl methyl sites for hydroxylation is 1. The van der Waals surface area contributed by atoms with Crippen LogP contribution in [0.25, 0.3) is 0 Å². The number of amides is 1. The van der Waals surface area contributed by atoms with E-state index in [1.54, 1.807) is 0 Å². The number of nitrogens with one attached hydrogen (secondary N) is 1. The van der Waals surface area contributed by atoms with Gasteiger partial charge in [-0.2, -0.15) is 0 Å². The predicted molar refractivity (Wildman–Crippen MR) is 61.3 cm³/mol. The molecule has 0 aliphatic heterocycles. The Kier molecular flexibility index (Phi) is 2.65. The molecule has 4 heteroatoms. The van der Waals surface area contributed by atoms with Crippen LogP contribution in [-0.4, -0.2) is 5.91 Å². The molecule has 0 unspecified atom stereocenters. The van der Waals surface area contributed by atoms with E-state index in [4.69, 9.17) is 0 Å². The fourth-order valence-electron chi connectivity index (χ4n) is 1.08. The molecular weight excluding hydrogens is 214 g/mol. The summed E-state index contributed by atoms with van der Waals surface area (Å²) in [5.41, 5.74) is 0. The first-order valence-electron chi connectivity index (χ1n) is 4.17. The van der Waals surface area contributed by atoms with Crippen molar-refractivity contribution in [2.24, 2.45) is 0 Å². The van der Waals surface area contributed by atoms with E-state index >= 15 is 0 Å². The molecule has 0 fully saturated rings. The summed E-state index contributed by atoms with van der Waals surface area (Å²) >= 11 is 3.04. The first-order valence-corrected chi connectivity index (χ1v) is 5.86. The molecule has 2 heterocycles. The fraction of sp³-hybridized carbons (Fsp3) is 0.100. The molecule has 1 amide bonds. The minimum atomic E-state index is -0.0226. The molecule has 0 atom stereocenters. The third-order valence-electron chi connectivity index (χ3n) is 1.72. The molecule has 0 aliphatic carbocycles. The van der Waals surface area contributed by atoms with Crippen molar-refractivity contribution in [2.45, 2.75) is 6.92 Å². The maximum atomic E-state index is 11.6. The van der Waals surface area contributed by atoms with Crippen LogP contribution < -0.4 is 5.32 Å². The molecule has 0 spiro atoms. The highest BCUT2D eigenvalue weighted by molar-refractivity contribution is 7.15. The second kappa shape index (κ2) is 3.94. The highest BCUT2D eigenvalue weighted by Crippen LogP contribution is 2.19. The number of rotatable bonds is 2. The van der Waals surface area contributed by atoms with Crippen molar-refractivity contribution >= 4 is 33.6 Å². The van der Waals surface area contributed by atoms with Gasteiger partial charge in [0.15, 0.2) is 0 Å². The van der Waals surface area contributed by atoms with E-state index < -0.39 is 0 Å². The molecular formula is C10H9NOS2. The van der Waals surface area contributed by atoms with E-state index in [9.17, 15) is 4.79 Å². The highest BCUT2D eigenvalue weighted by Gasteiger charge is 2.07. The lowest BCUT2D eigenvalue weighted by molar-refractivity contribution is 0.103. The Morgan fingerprint density at radius 1 is 1.36 bits per heavy atom. The largest absolute Gasteiger partial charge is 0.313 e. The molecule has 14 heavy (non-hydrogen) atoms. The smallest absolute Gasteiger partial charge is 0.266 e. The minimum Gasteiger partial charge on any atom is -0.313 e. The summed E-state index contributed by atoms with van der Waals surface area (Å²) in [5.74, 6) is -0.0226. The summed E-state index contributed by atoms with van der Waals surface area (Å²) in [6, 6.07) is 7.61. The number of carbonyl (C=O) groups is 1. The van der Waals surface area contributed by atoms with Crippen molar-refractivity contribution in [1.29, 1.82) is 0 Å². The fourth-order valence-corrected chi connectivity index (χ4v) is 2.46. The Bertz CT molecular complexity index is 431. The average Bonchev–Trinajstić information content (AvgIpc) is 2.75. The molecule has 2 nitrogen and oxygen atoms in total. The number of hydrogen-bond donors (Lipinski definition) is 1. The number of thiophene rings is 2. The van der Waals surface area contributed by atoms with Crippen molar-refractivity contribution in [3.05, 3.63) is 39.4 Å². The average molecular weight is 223 g/mol. The van der Waals surface area contributed by atoms with E-state index in [0.717, 1.165) is 14.8 Å². The van der Waals surface area contributed by atoms with Crippen LogP contribution in [0.3, 0.4) is 0 Å². The summed E-state index contributed by atoms with van der Waals surface area (Å²) in [6.45, 7) is 1.99. The molecule has 72 valence electrons. The standard InChI is InChI=1S/C10H9NOS2/c1-7-4-5-8(14-7)10(12)11-9-3-2-6-13-9/h2-6H,1H3,(H,11,12). The van der Waals surface area contributed by atoms with E-state index in [0.29, 0.717) is 0 Å². The number of hydrogen-bond acceptors (Lipinski definition) is 3. The number of carbonyl (C=O) groups excluding carboxylic acids is 1. The van der Waals surface area contributed by atoms with Crippen molar-refractivity contribution in [1.82, 2.24) is 0 Å². The van der Waals surface area contributed by atoms with Crippen LogP contribution in [-0.2, 0) is 0 Å². The number of anilines is 1. The van der Waals surface area contributed by atoms with Crippen LogP contribution in [0.2, 0.25) is 0 Å². The van der Waals surface area contributed by atoms with Crippen LogP contribution in [0, 0.1) is 6.92 Å². The lowest BCUT2D eigenvalue weighted by Crippen LogP contribution is -2.08. The molecule has 1 N–H and O–H groups in total. The van der Waals surface area contributed by atoms with Crippen molar-refractivity contribution in [2.75, 3.05) is 5.32 Å². The van der Waals surface area contributed by atoms with Gasteiger partial charge in [0, 0.05) is 4.88 Å². The SMILES string of the molecule is Cc1ccc(C(=O)Nc2cccs2)s1. The lowest BCUT2D eigenvalue weighted by Gasteiger charge is -1.98. The van der Waals surface area contributed by atoms with E-state index in [1.807, 2.05) is 36.6 Å². The molecule has 0 aliphatic rings. The van der Waals surface area contributed by atoms with Gasteiger partial charge in [0.05, 0.1) is 9.88 Å². The Hall–Kier alpha value is -1.13. The van der Waals surface area contributed by atoms with Gasteiger partial charge in [-0.3, -0.25) is 4.79 Å². The molecule has 2 aromatic heterocycles. The summed E-state index contributed by atoms with van der Waals surface area (Å²) in [5, 5.41) is 5.67. The maximum Gasteiger partial charge on any atom is 0.266 e. The Morgan fingerprint density at radius 2 is 2.21 bits per heavy atom. The minimum absolute atomic E-state index is 0.0226. The summed E-state index contributed by atoms with van der Waals surface area (Å²) in [6.07, 6.45) is 0. The van der Waals surface area contributed by atoms with Gasteiger partial charge in [0.2, 0.25) is 0 Å². The highest BCUT2D eigenvalue weighted by atomic mass is 32.1. The quantitative estimate of drug-likeness (QED) is 0.831. The van der Waals surface area contributed by atoms with Crippen LogP contribution in [0.5, 0.6) is 0 Å². The summed E-state index contributed by atoms with van der Waals surface area (Å²) < 4.78 is 0. The zero-order valence-corrected chi connectivity index (χ0v) is 9.24. The predicted octanol–water partition coefficient (Wildman–Crippen LogP) is 3.37. The van der Waals surface area contributed by atoms with Gasteiger partial charge in [-0.25, -0.2) is 0 Å². The summed E-state index contributed by atoms with van der Waals surface area (Å²) in [7, 11) is 0. The second-order valence-corrected chi connectivity index (χ2v) is 5.08. The Balaban J connectivity index is 2.10. The molecule has 2 rings (SSSR count). The van der Waals surface area contributed by atoms with Gasteiger partial charge >= 0.3 is 0 Å². The van der Waals surface area contributed by atoms with Crippen molar-refractivity contribution < 1.29 is 4.79 Å². The molecule has 0 bridgehead atoms. The maximum absolute atomic E-state index is 11.6. The molecule has 0 saturated carbocycles. The molecule has 0 aromatic carbocycles. The van der Waals surface area contributed by atoms with E-state index in [-0.39, 0.29) is 5.91 Å². The molecule has 2 aromatic rings. The van der Waals surface area contributed by atoms with E-state index in [1.165, 1.54) is 22.7 Å². The van der Waals surface area contributed by atoms with E-state index in [2.05, 4.69) is 5.32 Å². The van der Waals surface area contributed by atoms with Crippen LogP contribution in [0.1, 0.15) is 14.5 Å². The lowest BCUT2D eigenvalue weighted by atomic mass is 10.4. The normalized spacial score (nSPS) is 10.1. The Morgan fingerprint density at radius 3 is 2.79 bits per heavy atom. The van der Waals surface area contributed by atoms with Gasteiger partial charge in [-0.05, 0) is 36.6 Å². The van der Waals surface area contributed by atoms with Gasteiger partial charge < -0.3 is 5.32 Å². The van der Waals surface area contributed by atoms with Crippen molar-refractivity contribution in [3.63, 3.8) is 0 Å². The Labute approximate surface area is 90.2 Å². The van der Waals surface area contributed by atoms with Gasteiger partial charge in [0.1, 0.15) is 0 Å². The third-order valence-corrected chi connectivity index (χ3v) is 3.51. The first kappa shape index (κ1) is 9.43. The molecule has 0 radical (unpaired) electrons. The third kappa shape index (κ3) is 2.02. The zero-order chi connectivity index (χ0) is 9.97. The van der Waals surface area contributed by atoms with Gasteiger partial charge in [-0.15, -0.1) is 22.7 Å². The zero-order valence-electron chi connectivity index (χ0n) is 7.61.